The van der Waals surface area contributed by atoms with Gasteiger partial charge in [-0.25, -0.2) is 15.0 Å². The topological polar surface area (TPSA) is 65.0 Å². The number of hydrogen-bond acceptors (Lipinski definition) is 5. The fourth-order valence-electron chi connectivity index (χ4n) is 7.98. The number of rotatable bonds is 5. The average molecular weight is 694 g/mol. The predicted molar refractivity (Wildman–Crippen MR) is 218 cm³/mol. The van der Waals surface area contributed by atoms with Gasteiger partial charge in [0.05, 0.1) is 0 Å². The molecule has 1 atom stereocenters. The Balaban J connectivity index is 1.07. The molecule has 10 aromatic rings. The Kier molecular flexibility index (Phi) is 6.92. The highest BCUT2D eigenvalue weighted by atomic mass is 16.3. The fraction of sp³-hybridized carbons (Fsp3) is 0.0408. The lowest BCUT2D eigenvalue weighted by Gasteiger charge is -2.17. The summed E-state index contributed by atoms with van der Waals surface area (Å²) in [5.74, 6) is 2.94. The maximum absolute atomic E-state index is 6.88. The van der Waals surface area contributed by atoms with Crippen molar-refractivity contribution in [2.75, 3.05) is 0 Å². The van der Waals surface area contributed by atoms with Crippen LogP contribution < -0.4 is 0 Å². The summed E-state index contributed by atoms with van der Waals surface area (Å²) in [4.78, 5) is 15.4. The third-order valence-electron chi connectivity index (χ3n) is 10.7. The molecule has 1 aliphatic carbocycles. The van der Waals surface area contributed by atoms with Crippen LogP contribution in [-0.2, 0) is 6.42 Å². The summed E-state index contributed by atoms with van der Waals surface area (Å²) in [5, 5.41) is 5.29. The van der Waals surface area contributed by atoms with Gasteiger partial charge in [-0.1, -0.05) is 146 Å². The van der Waals surface area contributed by atoms with Crippen molar-refractivity contribution in [1.29, 1.82) is 0 Å². The lowest BCUT2D eigenvalue weighted by atomic mass is 9.86. The molecule has 5 heteroatoms. The van der Waals surface area contributed by atoms with Crippen LogP contribution in [0.4, 0.5) is 0 Å². The second kappa shape index (κ2) is 12.2. The number of benzene rings is 7. The normalized spacial score (nSPS) is 14.0. The summed E-state index contributed by atoms with van der Waals surface area (Å²) >= 11 is 0. The van der Waals surface area contributed by atoms with Gasteiger partial charge in [0.25, 0.3) is 0 Å². The van der Waals surface area contributed by atoms with Crippen molar-refractivity contribution in [3.8, 4) is 45.3 Å². The Bertz CT molecular complexity index is 3070. The lowest BCUT2D eigenvalue weighted by Crippen LogP contribution is -2.04. The molecule has 0 fully saturated rings. The molecule has 0 amide bonds. The van der Waals surface area contributed by atoms with E-state index in [2.05, 4.69) is 115 Å². The van der Waals surface area contributed by atoms with Crippen LogP contribution in [0.3, 0.4) is 0 Å². The summed E-state index contributed by atoms with van der Waals surface area (Å²) in [6.07, 6.45) is 5.30. The van der Waals surface area contributed by atoms with Gasteiger partial charge in [0, 0.05) is 56.1 Å². The molecule has 5 nitrogen and oxygen atoms in total. The molecule has 1 unspecified atom stereocenters. The Morgan fingerprint density at radius 2 is 1.11 bits per heavy atom. The first-order valence-corrected chi connectivity index (χ1v) is 18.3. The molecule has 0 spiro atoms. The quantitative estimate of drug-likeness (QED) is 0.179. The molecule has 0 radical (unpaired) electrons. The van der Waals surface area contributed by atoms with Crippen LogP contribution >= 0.6 is 0 Å². The Morgan fingerprint density at radius 1 is 0.481 bits per heavy atom. The zero-order valence-electron chi connectivity index (χ0n) is 29.1. The highest BCUT2D eigenvalue weighted by Crippen LogP contribution is 2.44. The van der Waals surface area contributed by atoms with Crippen molar-refractivity contribution in [2.45, 2.75) is 12.3 Å². The summed E-state index contributed by atoms with van der Waals surface area (Å²) in [5.41, 5.74) is 9.96. The number of nitrogens with zero attached hydrogens (tertiary/aromatic N) is 3. The number of para-hydroxylation sites is 1. The van der Waals surface area contributed by atoms with Crippen LogP contribution in [0.5, 0.6) is 0 Å². The van der Waals surface area contributed by atoms with Gasteiger partial charge < -0.3 is 8.83 Å². The number of hydrogen-bond donors (Lipinski definition) is 0. The molecule has 0 N–H and O–H groups in total. The Hall–Kier alpha value is -7.11. The minimum Gasteiger partial charge on any atom is -0.460 e. The van der Waals surface area contributed by atoms with Crippen molar-refractivity contribution >= 4 is 49.8 Å². The molecule has 3 heterocycles. The number of aromatic nitrogens is 3. The van der Waals surface area contributed by atoms with E-state index < -0.39 is 0 Å². The standard InChI is InChI=1S/C49H31N3O2/c1-3-11-30(12-4-1)31-19-21-32(22-20-31)34-23-26-40-44(28-34)54-46-37-16-8-7-15-35(37)27-41(45(40)46)49-51-47(33-13-5-2-6-14-33)50-48(52-49)36-24-25-39-38-17-9-10-18-42(38)53-43(39)29-36/h1-27,29,34H,28H2. The second-order valence-electron chi connectivity index (χ2n) is 13.9. The van der Waals surface area contributed by atoms with Crippen molar-refractivity contribution in [3.63, 3.8) is 0 Å². The van der Waals surface area contributed by atoms with Crippen LogP contribution in [0.2, 0.25) is 0 Å². The highest BCUT2D eigenvalue weighted by Gasteiger charge is 2.26. The van der Waals surface area contributed by atoms with Gasteiger partial charge in [0.1, 0.15) is 22.5 Å². The third-order valence-corrected chi connectivity index (χ3v) is 10.7. The van der Waals surface area contributed by atoms with Gasteiger partial charge in [-0.2, -0.15) is 0 Å². The van der Waals surface area contributed by atoms with E-state index in [0.29, 0.717) is 17.5 Å². The van der Waals surface area contributed by atoms with Gasteiger partial charge in [0.15, 0.2) is 17.5 Å². The zero-order chi connectivity index (χ0) is 35.6. The van der Waals surface area contributed by atoms with Crippen molar-refractivity contribution in [2.24, 2.45) is 0 Å². The van der Waals surface area contributed by atoms with Crippen LogP contribution in [-0.4, -0.2) is 15.0 Å². The van der Waals surface area contributed by atoms with Crippen LogP contribution in [0.15, 0.2) is 173 Å². The summed E-state index contributed by atoms with van der Waals surface area (Å²) in [6.45, 7) is 0. The van der Waals surface area contributed by atoms with Gasteiger partial charge in [0.2, 0.25) is 0 Å². The SMILES string of the molecule is C1=CC(c2ccc(-c3ccccc3)cc2)Cc2oc3c(c(-c4nc(-c5ccccc5)nc(-c5ccc6c(c5)oc5ccccc56)n4)cc4ccccc43)c21. The van der Waals surface area contributed by atoms with Crippen LogP contribution in [0.25, 0.3) is 95.0 Å². The van der Waals surface area contributed by atoms with E-state index in [0.717, 1.165) is 78.1 Å². The largest absolute Gasteiger partial charge is 0.460 e. The average Bonchev–Trinajstić information content (AvgIpc) is 3.82. The van der Waals surface area contributed by atoms with Gasteiger partial charge >= 0.3 is 0 Å². The zero-order valence-corrected chi connectivity index (χ0v) is 29.1. The highest BCUT2D eigenvalue weighted by molar-refractivity contribution is 6.14. The molecule has 1 aliphatic rings. The minimum absolute atomic E-state index is 0.194. The van der Waals surface area contributed by atoms with Crippen LogP contribution in [0, 0.1) is 0 Å². The predicted octanol–water partition coefficient (Wildman–Crippen LogP) is 12.7. The first-order chi connectivity index (χ1) is 26.7. The van der Waals surface area contributed by atoms with E-state index in [1.54, 1.807) is 0 Å². The summed E-state index contributed by atoms with van der Waals surface area (Å²) in [7, 11) is 0. The van der Waals surface area contributed by atoms with E-state index in [1.807, 2.05) is 54.6 Å². The second-order valence-corrected chi connectivity index (χ2v) is 13.9. The maximum Gasteiger partial charge on any atom is 0.164 e. The molecule has 0 bridgehead atoms. The number of furan rings is 2. The van der Waals surface area contributed by atoms with E-state index in [-0.39, 0.29) is 5.92 Å². The molecule has 0 aliphatic heterocycles. The van der Waals surface area contributed by atoms with Crippen molar-refractivity contribution in [1.82, 2.24) is 15.0 Å². The van der Waals surface area contributed by atoms with Crippen LogP contribution in [0.1, 0.15) is 22.8 Å². The van der Waals surface area contributed by atoms with E-state index in [1.165, 1.54) is 16.7 Å². The summed E-state index contributed by atoms with van der Waals surface area (Å²) < 4.78 is 13.2. The van der Waals surface area contributed by atoms with E-state index >= 15 is 0 Å². The van der Waals surface area contributed by atoms with E-state index in [9.17, 15) is 0 Å². The lowest BCUT2D eigenvalue weighted by molar-refractivity contribution is 0.535. The smallest absolute Gasteiger partial charge is 0.164 e. The molecule has 54 heavy (non-hydrogen) atoms. The minimum atomic E-state index is 0.194. The monoisotopic (exact) mass is 693 g/mol. The molecular formula is C49H31N3O2. The van der Waals surface area contributed by atoms with Crippen molar-refractivity contribution < 1.29 is 8.83 Å². The summed E-state index contributed by atoms with van der Waals surface area (Å²) in [6, 6.07) is 54.4. The molecule has 11 rings (SSSR count). The third kappa shape index (κ3) is 5.05. The first kappa shape index (κ1) is 30.5. The van der Waals surface area contributed by atoms with Crippen molar-refractivity contribution in [3.05, 3.63) is 181 Å². The maximum atomic E-state index is 6.88. The Labute approximate surface area is 310 Å². The fourth-order valence-corrected chi connectivity index (χ4v) is 7.98. The molecule has 3 aromatic heterocycles. The van der Waals surface area contributed by atoms with Gasteiger partial charge in [-0.15, -0.1) is 0 Å². The molecule has 0 saturated carbocycles. The molecular weight excluding hydrogens is 663 g/mol. The first-order valence-electron chi connectivity index (χ1n) is 18.3. The van der Waals surface area contributed by atoms with Gasteiger partial charge in [-0.3, -0.25) is 0 Å². The Morgan fingerprint density at radius 3 is 1.93 bits per heavy atom. The molecule has 254 valence electrons. The molecule has 7 aromatic carbocycles. The van der Waals surface area contributed by atoms with Gasteiger partial charge in [-0.05, 0) is 46.3 Å². The number of allylic oxidation sites excluding steroid dienone is 1. The van der Waals surface area contributed by atoms with E-state index in [4.69, 9.17) is 23.8 Å². The molecule has 0 saturated heterocycles. The number of fused-ring (bicyclic) bond motifs is 8.